The van der Waals surface area contributed by atoms with Gasteiger partial charge in [0.15, 0.2) is 22.8 Å². The van der Waals surface area contributed by atoms with Gasteiger partial charge in [-0.3, -0.25) is 0 Å². The predicted octanol–water partition coefficient (Wildman–Crippen LogP) is 19.9. The van der Waals surface area contributed by atoms with Crippen molar-refractivity contribution >= 4 is 109 Å². The molecular weight excluding hydrogens is 1060 g/mol. The van der Waals surface area contributed by atoms with Crippen LogP contribution < -0.4 is 0 Å². The summed E-state index contributed by atoms with van der Waals surface area (Å²) in [4.78, 5) is 0. The van der Waals surface area contributed by atoms with Crippen molar-refractivity contribution in [3.05, 3.63) is 282 Å². The fourth-order valence-corrected chi connectivity index (χ4v) is 13.2. The smallest absolute Gasteiger partial charge is 0.203 e. The number of rotatable bonds is 3. The summed E-state index contributed by atoms with van der Waals surface area (Å²) < 4.78 is 60.3. The van der Waals surface area contributed by atoms with E-state index in [1.165, 1.54) is 40.5 Å². The van der Waals surface area contributed by atoms with Crippen LogP contribution in [0.2, 0.25) is 0 Å². The molecule has 0 saturated heterocycles. The van der Waals surface area contributed by atoms with Gasteiger partial charge in [-0.15, -0.1) is 0 Å². The molecule has 0 spiro atoms. The summed E-state index contributed by atoms with van der Waals surface area (Å²) >= 11 is 0. The third kappa shape index (κ3) is 7.26. The second-order valence-corrected chi connectivity index (χ2v) is 21.2. The van der Waals surface area contributed by atoms with Crippen molar-refractivity contribution in [2.24, 2.45) is 0 Å². The number of nitrogens with zero attached hydrogens (tertiary/aromatic N) is 5. The van der Waals surface area contributed by atoms with Crippen LogP contribution in [0.4, 0.5) is 13.2 Å². The van der Waals surface area contributed by atoms with Crippen molar-refractivity contribution in [1.82, 2.24) is 13.7 Å². The van der Waals surface area contributed by atoms with Crippen LogP contribution >= 0.6 is 0 Å². The van der Waals surface area contributed by atoms with Crippen LogP contribution in [-0.4, -0.2) is 13.7 Å². The Balaban J connectivity index is 0.000000153. The van der Waals surface area contributed by atoms with E-state index >= 15 is 0 Å². The lowest BCUT2D eigenvalue weighted by atomic mass is 10.0. The molecule has 0 saturated carbocycles. The maximum Gasteiger partial charge on any atom is 0.203 e. The number of benzene rings is 12. The Kier molecular flexibility index (Phi) is 11.2. The molecule has 17 aromatic rings. The summed E-state index contributed by atoms with van der Waals surface area (Å²) in [6, 6.07) is 87.0. The van der Waals surface area contributed by atoms with Gasteiger partial charge in [-0.1, -0.05) is 194 Å². The highest BCUT2D eigenvalue weighted by atomic mass is 19.2. The van der Waals surface area contributed by atoms with Crippen LogP contribution in [0.3, 0.4) is 0 Å². The number of furan rings is 2. The Hall–Kier alpha value is -11.6. The Bertz CT molecular complexity index is 5540. The zero-order valence-corrected chi connectivity index (χ0v) is 45.0. The third-order valence-electron chi connectivity index (χ3n) is 16.7. The summed E-state index contributed by atoms with van der Waals surface area (Å²) in [7, 11) is 0. The fraction of sp³-hybridized carbons (Fsp3) is 0.0133. The minimum Gasteiger partial charge on any atom is -0.454 e. The largest absolute Gasteiger partial charge is 0.454 e. The van der Waals surface area contributed by atoms with Gasteiger partial charge >= 0.3 is 0 Å². The Labute approximate surface area is 482 Å². The average Bonchev–Trinajstić information content (AvgIpc) is 1.68. The number of hydrogen-bond donors (Lipinski definition) is 0. The lowest BCUT2D eigenvalue weighted by Crippen LogP contribution is -2.10. The zero-order valence-electron chi connectivity index (χ0n) is 45.0. The number of nitriles is 2. The van der Waals surface area contributed by atoms with Crippen molar-refractivity contribution in [1.29, 1.82) is 10.5 Å². The van der Waals surface area contributed by atoms with Crippen LogP contribution in [0.15, 0.2) is 251 Å². The molecule has 12 aromatic carbocycles. The molecule has 5 heterocycles. The molecule has 7 nitrogen and oxygen atoms in total. The van der Waals surface area contributed by atoms with E-state index in [-0.39, 0.29) is 11.0 Å². The SMILES string of the molecule is N#Cc1c(-n2c3ccccc3c3ccccc32)c(-n2c3ccccc3c3ccccc32)c2oc3ccccc3c2c1-n1c2ccccc2c2ccccc21.N#Cc1c(F)c(F)c2oc3ccccc3c2c1F.c1ccc2c(c1)Cc1ccccc1-2. The van der Waals surface area contributed by atoms with Crippen LogP contribution in [0, 0.1) is 40.1 Å². The second-order valence-electron chi connectivity index (χ2n) is 21.2. The van der Waals surface area contributed by atoms with Crippen molar-refractivity contribution in [3.63, 3.8) is 0 Å². The van der Waals surface area contributed by atoms with Crippen LogP contribution in [0.5, 0.6) is 0 Å². The molecule has 0 fully saturated rings. The van der Waals surface area contributed by atoms with Crippen molar-refractivity contribution in [2.45, 2.75) is 6.42 Å². The van der Waals surface area contributed by atoms with Gasteiger partial charge in [0.2, 0.25) is 5.82 Å². The van der Waals surface area contributed by atoms with Crippen LogP contribution in [-0.2, 0) is 6.42 Å². The zero-order chi connectivity index (χ0) is 57.0. The molecule has 85 heavy (non-hydrogen) atoms. The minimum atomic E-state index is -1.53. The maximum atomic E-state index is 14.0. The quantitative estimate of drug-likeness (QED) is 0.165. The van der Waals surface area contributed by atoms with E-state index in [2.05, 4.69) is 226 Å². The minimum absolute atomic E-state index is 0.207. The molecule has 400 valence electrons. The topological polar surface area (TPSA) is 88.6 Å². The number of fused-ring (bicyclic) bond motifs is 18. The number of aromatic nitrogens is 3. The normalized spacial score (nSPS) is 11.9. The highest BCUT2D eigenvalue weighted by molar-refractivity contribution is 6.21. The molecule has 0 radical (unpaired) electrons. The molecular formula is C75H42F3N5O2. The Morgan fingerprint density at radius 2 is 0.635 bits per heavy atom. The molecule has 10 heteroatoms. The lowest BCUT2D eigenvalue weighted by molar-refractivity contribution is 0.485. The summed E-state index contributed by atoms with van der Waals surface area (Å²) in [5, 5.41) is 29.3. The maximum absolute atomic E-state index is 14.0. The Morgan fingerprint density at radius 1 is 0.306 bits per heavy atom. The van der Waals surface area contributed by atoms with E-state index in [0.717, 1.165) is 111 Å². The van der Waals surface area contributed by atoms with Gasteiger partial charge in [-0.05, 0) is 77.2 Å². The van der Waals surface area contributed by atoms with E-state index in [0.29, 0.717) is 10.9 Å². The van der Waals surface area contributed by atoms with Crippen molar-refractivity contribution < 1.29 is 22.0 Å². The van der Waals surface area contributed by atoms with Gasteiger partial charge in [0.05, 0.1) is 55.2 Å². The van der Waals surface area contributed by atoms with Crippen LogP contribution in [0.25, 0.3) is 137 Å². The number of para-hydroxylation sites is 8. The van der Waals surface area contributed by atoms with Crippen molar-refractivity contribution in [3.8, 4) is 40.3 Å². The summed E-state index contributed by atoms with van der Waals surface area (Å²) in [6.45, 7) is 0. The molecule has 18 rings (SSSR count). The second kappa shape index (κ2) is 19.3. The van der Waals surface area contributed by atoms with Gasteiger partial charge in [0.25, 0.3) is 0 Å². The third-order valence-corrected chi connectivity index (χ3v) is 16.7. The summed E-state index contributed by atoms with van der Waals surface area (Å²) in [5.74, 6) is -3.97. The molecule has 0 bridgehead atoms. The number of hydrogen-bond acceptors (Lipinski definition) is 4. The molecule has 0 aliphatic heterocycles. The average molecular weight is 1100 g/mol. The lowest BCUT2D eigenvalue weighted by Gasteiger charge is -2.22. The van der Waals surface area contributed by atoms with E-state index in [4.69, 9.17) is 14.1 Å². The standard InChI is InChI=1S/C49H28N4O.C13H4F3NO.C13H10/c50-29-37-46(51-38-22-8-1-15-30(38)31-16-2-9-23-39(31)51)45-36-21-7-14-28-44(36)54-49(45)48(53-42-26-12-5-19-34(42)35-20-6-13-27-43(35)53)47(37)52-40-24-10-3-17-32(40)33-18-4-11-25-41(33)52;14-10-7(5-17)11(15)12(16)13-9(10)6-3-1-2-4-8(6)18-13;1-3-7-12-10(5-1)9-11-6-2-4-8-13(11)12/h1-28H;1-4H;1-8H,9H2. The molecule has 5 aromatic heterocycles. The molecule has 1 aliphatic carbocycles. The first-order valence-corrected chi connectivity index (χ1v) is 27.8. The van der Waals surface area contributed by atoms with E-state index in [1.807, 2.05) is 12.1 Å². The molecule has 0 unspecified atom stereocenters. The van der Waals surface area contributed by atoms with Gasteiger partial charge < -0.3 is 22.5 Å². The molecule has 0 amide bonds. The molecule has 1 aliphatic rings. The predicted molar refractivity (Wildman–Crippen MR) is 334 cm³/mol. The first-order valence-electron chi connectivity index (χ1n) is 27.8. The Morgan fingerprint density at radius 3 is 1.06 bits per heavy atom. The highest BCUT2D eigenvalue weighted by Crippen LogP contribution is 2.49. The molecule has 0 atom stereocenters. The van der Waals surface area contributed by atoms with Gasteiger partial charge in [-0.25, -0.2) is 8.78 Å². The van der Waals surface area contributed by atoms with Crippen molar-refractivity contribution in [2.75, 3.05) is 0 Å². The summed E-state index contributed by atoms with van der Waals surface area (Å²) in [5.41, 5.74) is 15.1. The number of halogens is 3. The van der Waals surface area contributed by atoms with E-state index in [9.17, 15) is 18.4 Å². The highest BCUT2D eigenvalue weighted by Gasteiger charge is 2.33. The van der Waals surface area contributed by atoms with E-state index < -0.39 is 28.6 Å². The van der Waals surface area contributed by atoms with Gasteiger partial charge in [0.1, 0.15) is 40.1 Å². The monoisotopic (exact) mass is 1100 g/mol. The van der Waals surface area contributed by atoms with E-state index in [1.54, 1.807) is 12.1 Å². The van der Waals surface area contributed by atoms with Gasteiger partial charge in [0, 0.05) is 43.1 Å². The first kappa shape index (κ1) is 49.2. The fourth-order valence-electron chi connectivity index (χ4n) is 13.2. The molecule has 0 N–H and O–H groups in total. The first-order chi connectivity index (χ1) is 41.9. The summed E-state index contributed by atoms with van der Waals surface area (Å²) in [6.07, 6.45) is 1.10. The van der Waals surface area contributed by atoms with Crippen LogP contribution in [0.1, 0.15) is 22.3 Å². The van der Waals surface area contributed by atoms with Gasteiger partial charge in [-0.2, -0.15) is 14.9 Å².